The molecule has 21 heavy (non-hydrogen) atoms. The summed E-state index contributed by atoms with van der Waals surface area (Å²) in [7, 11) is 0. The molecule has 0 saturated carbocycles. The molecule has 1 heterocycles. The van der Waals surface area contributed by atoms with E-state index in [-0.39, 0.29) is 11.3 Å². The van der Waals surface area contributed by atoms with Crippen LogP contribution in [0.2, 0.25) is 0 Å². The number of carbonyl (C=O) groups is 1. The average molecular weight is 295 g/mol. The molecule has 1 amide bonds. The van der Waals surface area contributed by atoms with Crippen molar-refractivity contribution in [3.63, 3.8) is 0 Å². The van der Waals surface area contributed by atoms with E-state index in [1.54, 1.807) is 6.07 Å². The van der Waals surface area contributed by atoms with Crippen molar-refractivity contribution in [2.75, 3.05) is 13.1 Å². The van der Waals surface area contributed by atoms with E-state index in [1.807, 2.05) is 6.92 Å². The van der Waals surface area contributed by atoms with Gasteiger partial charge in [0.15, 0.2) is 5.69 Å². The van der Waals surface area contributed by atoms with Gasteiger partial charge in [-0.15, -0.1) is 0 Å². The molecule has 0 aromatic carbocycles. The van der Waals surface area contributed by atoms with Crippen LogP contribution in [-0.2, 0) is 6.42 Å². The summed E-state index contributed by atoms with van der Waals surface area (Å²) in [5.74, 6) is 0.567. The number of nitrogens with zero attached hydrogens (tertiary/aromatic N) is 1. The number of amides is 1. The maximum atomic E-state index is 12.1. The van der Waals surface area contributed by atoms with Crippen LogP contribution in [0.5, 0.6) is 0 Å². The minimum absolute atomic E-state index is 0.0160. The highest BCUT2D eigenvalue weighted by atomic mass is 16.5. The summed E-state index contributed by atoms with van der Waals surface area (Å²) in [6, 6.07) is 2.04. The predicted octanol–water partition coefficient (Wildman–Crippen LogP) is 2.77. The molecule has 0 aliphatic carbocycles. The summed E-state index contributed by atoms with van der Waals surface area (Å²) in [5.41, 5.74) is 0.377. The van der Waals surface area contributed by atoms with E-state index in [4.69, 9.17) is 4.52 Å². The third-order valence-electron chi connectivity index (χ3n) is 4.35. The largest absolute Gasteiger partial charge is 0.361 e. The van der Waals surface area contributed by atoms with Crippen molar-refractivity contribution in [1.82, 2.24) is 15.8 Å². The van der Waals surface area contributed by atoms with Gasteiger partial charge in [-0.25, -0.2) is 0 Å². The Morgan fingerprint density at radius 3 is 2.67 bits per heavy atom. The zero-order chi connectivity index (χ0) is 15.9. The quantitative estimate of drug-likeness (QED) is 0.735. The number of aryl methyl sites for hydroxylation is 1. The Morgan fingerprint density at radius 1 is 1.43 bits per heavy atom. The molecule has 2 unspecified atom stereocenters. The van der Waals surface area contributed by atoms with E-state index < -0.39 is 0 Å². The molecule has 120 valence electrons. The van der Waals surface area contributed by atoms with Crippen molar-refractivity contribution in [1.29, 1.82) is 0 Å². The second kappa shape index (κ2) is 8.17. The van der Waals surface area contributed by atoms with Gasteiger partial charge >= 0.3 is 0 Å². The van der Waals surface area contributed by atoms with Crippen molar-refractivity contribution in [2.45, 2.75) is 59.9 Å². The lowest BCUT2D eigenvalue weighted by Gasteiger charge is -2.35. The first kappa shape index (κ1) is 17.7. The zero-order valence-corrected chi connectivity index (χ0v) is 14.0. The molecule has 2 N–H and O–H groups in total. The fourth-order valence-electron chi connectivity index (χ4n) is 2.15. The third kappa shape index (κ3) is 4.84. The number of nitrogens with one attached hydrogen (secondary N) is 2. The molecular formula is C16H29N3O2. The van der Waals surface area contributed by atoms with Crippen molar-refractivity contribution >= 4 is 5.91 Å². The Balaban J connectivity index is 2.59. The van der Waals surface area contributed by atoms with Crippen LogP contribution in [0.3, 0.4) is 0 Å². The van der Waals surface area contributed by atoms with Gasteiger partial charge < -0.3 is 15.2 Å². The van der Waals surface area contributed by atoms with E-state index in [9.17, 15) is 4.79 Å². The molecule has 1 aromatic heterocycles. The van der Waals surface area contributed by atoms with Crippen LogP contribution in [0.25, 0.3) is 0 Å². The van der Waals surface area contributed by atoms with Crippen LogP contribution < -0.4 is 10.6 Å². The standard InChI is InChI=1S/C16H29N3O2/c1-6-9-17-12(4)16(5,8-3)11-18-15(20)14-10-13(7-2)21-19-14/h10,12,17H,6-9,11H2,1-5H3,(H,18,20). The van der Waals surface area contributed by atoms with Crippen LogP contribution >= 0.6 is 0 Å². The second-order valence-corrected chi connectivity index (χ2v) is 5.90. The molecule has 0 spiro atoms. The lowest BCUT2D eigenvalue weighted by Crippen LogP contribution is -2.48. The molecule has 0 aliphatic rings. The van der Waals surface area contributed by atoms with Crippen molar-refractivity contribution in [3.8, 4) is 0 Å². The highest BCUT2D eigenvalue weighted by molar-refractivity contribution is 5.92. The van der Waals surface area contributed by atoms with Gasteiger partial charge in [0.25, 0.3) is 5.91 Å². The van der Waals surface area contributed by atoms with Gasteiger partial charge in [-0.3, -0.25) is 4.79 Å². The van der Waals surface area contributed by atoms with Crippen LogP contribution in [0.4, 0.5) is 0 Å². The normalized spacial score (nSPS) is 15.5. The summed E-state index contributed by atoms with van der Waals surface area (Å²) in [4.78, 5) is 12.1. The molecular weight excluding hydrogens is 266 g/mol. The van der Waals surface area contributed by atoms with Gasteiger partial charge in [0, 0.05) is 25.1 Å². The number of rotatable bonds is 9. The van der Waals surface area contributed by atoms with Crippen LogP contribution in [0.15, 0.2) is 10.6 Å². The van der Waals surface area contributed by atoms with Gasteiger partial charge in [-0.2, -0.15) is 0 Å². The highest BCUT2D eigenvalue weighted by Crippen LogP contribution is 2.25. The van der Waals surface area contributed by atoms with E-state index in [0.717, 1.165) is 31.6 Å². The predicted molar refractivity (Wildman–Crippen MR) is 84.4 cm³/mol. The fourth-order valence-corrected chi connectivity index (χ4v) is 2.15. The first-order chi connectivity index (χ1) is 9.96. The fraction of sp³-hybridized carbons (Fsp3) is 0.750. The zero-order valence-electron chi connectivity index (χ0n) is 14.0. The topological polar surface area (TPSA) is 67.2 Å². The lowest BCUT2D eigenvalue weighted by atomic mass is 9.80. The molecule has 0 fully saturated rings. The Bertz CT molecular complexity index is 444. The maximum Gasteiger partial charge on any atom is 0.273 e. The minimum Gasteiger partial charge on any atom is -0.361 e. The SMILES string of the molecule is CCCNC(C)C(C)(CC)CNC(=O)c1cc(CC)on1. The van der Waals surface area contributed by atoms with Crippen molar-refractivity contribution < 1.29 is 9.32 Å². The van der Waals surface area contributed by atoms with E-state index in [2.05, 4.69) is 43.5 Å². The molecule has 0 aliphatic heterocycles. The molecule has 0 bridgehead atoms. The number of hydrogen-bond donors (Lipinski definition) is 2. The number of carbonyl (C=O) groups excluding carboxylic acids is 1. The Morgan fingerprint density at radius 2 is 2.14 bits per heavy atom. The van der Waals surface area contributed by atoms with Crippen molar-refractivity contribution in [2.24, 2.45) is 5.41 Å². The molecule has 5 heteroatoms. The van der Waals surface area contributed by atoms with Crippen molar-refractivity contribution in [3.05, 3.63) is 17.5 Å². The molecule has 1 aromatic rings. The van der Waals surface area contributed by atoms with E-state index >= 15 is 0 Å². The van der Waals surface area contributed by atoms with Crippen LogP contribution in [-0.4, -0.2) is 30.2 Å². The number of hydrogen-bond acceptors (Lipinski definition) is 4. The summed E-state index contributed by atoms with van der Waals surface area (Å²) >= 11 is 0. The van der Waals surface area contributed by atoms with Gasteiger partial charge in [0.2, 0.25) is 0 Å². The molecule has 5 nitrogen and oxygen atoms in total. The molecule has 0 saturated heterocycles. The van der Waals surface area contributed by atoms with Crippen LogP contribution in [0.1, 0.15) is 63.7 Å². The van der Waals surface area contributed by atoms with E-state index in [0.29, 0.717) is 18.3 Å². The smallest absolute Gasteiger partial charge is 0.273 e. The summed E-state index contributed by atoms with van der Waals surface area (Å²) in [6.07, 6.45) is 2.84. The summed E-state index contributed by atoms with van der Waals surface area (Å²) in [6.45, 7) is 12.3. The monoisotopic (exact) mass is 295 g/mol. The first-order valence-electron chi connectivity index (χ1n) is 7.94. The molecule has 1 rings (SSSR count). The summed E-state index contributed by atoms with van der Waals surface area (Å²) < 4.78 is 5.07. The Kier molecular flexibility index (Phi) is 6.89. The third-order valence-corrected chi connectivity index (χ3v) is 4.35. The molecule has 0 radical (unpaired) electrons. The Hall–Kier alpha value is -1.36. The summed E-state index contributed by atoms with van der Waals surface area (Å²) in [5, 5.41) is 10.3. The van der Waals surface area contributed by atoms with Gasteiger partial charge in [0.1, 0.15) is 5.76 Å². The average Bonchev–Trinajstić information content (AvgIpc) is 2.98. The highest BCUT2D eigenvalue weighted by Gasteiger charge is 2.29. The van der Waals surface area contributed by atoms with Gasteiger partial charge in [-0.05, 0) is 31.7 Å². The van der Waals surface area contributed by atoms with Crippen LogP contribution in [0, 0.1) is 5.41 Å². The molecule has 2 atom stereocenters. The second-order valence-electron chi connectivity index (χ2n) is 5.90. The Labute approximate surface area is 127 Å². The van der Waals surface area contributed by atoms with Gasteiger partial charge in [0.05, 0.1) is 0 Å². The number of aromatic nitrogens is 1. The van der Waals surface area contributed by atoms with Gasteiger partial charge in [-0.1, -0.05) is 32.9 Å². The minimum atomic E-state index is -0.166. The first-order valence-corrected chi connectivity index (χ1v) is 7.94. The van der Waals surface area contributed by atoms with E-state index in [1.165, 1.54) is 0 Å². The lowest BCUT2D eigenvalue weighted by molar-refractivity contribution is 0.0910. The maximum absolute atomic E-state index is 12.1.